The largest absolute Gasteiger partial charge is 0.349 e. The molecule has 1 fully saturated rings. The van der Waals surface area contributed by atoms with Gasteiger partial charge in [0.1, 0.15) is 5.82 Å². The van der Waals surface area contributed by atoms with Gasteiger partial charge in [-0.15, -0.1) is 0 Å². The zero-order valence-corrected chi connectivity index (χ0v) is 17.3. The summed E-state index contributed by atoms with van der Waals surface area (Å²) in [4.78, 5) is 20.1. The summed E-state index contributed by atoms with van der Waals surface area (Å²) in [5.41, 5.74) is 3.38. The summed E-state index contributed by atoms with van der Waals surface area (Å²) in [6, 6.07) is 18.5. The number of nitrogens with one attached hydrogen (secondary N) is 1. The predicted octanol–water partition coefficient (Wildman–Crippen LogP) is 4.15. The van der Waals surface area contributed by atoms with Crippen LogP contribution in [0.5, 0.6) is 0 Å². The Kier molecular flexibility index (Phi) is 5.95. The molecule has 1 N–H and O–H groups in total. The third kappa shape index (κ3) is 4.35. The summed E-state index contributed by atoms with van der Waals surface area (Å²) in [6.45, 7) is 7.72. The van der Waals surface area contributed by atoms with Crippen LogP contribution in [-0.2, 0) is 17.9 Å². The molecule has 4 rings (SSSR count). The van der Waals surface area contributed by atoms with Crippen LogP contribution in [0.4, 0.5) is 0 Å². The van der Waals surface area contributed by atoms with E-state index in [4.69, 9.17) is 4.98 Å². The number of amides is 1. The lowest BCUT2D eigenvalue weighted by Gasteiger charge is -2.32. The Labute approximate surface area is 172 Å². The number of carbonyl (C=O) groups is 1. The van der Waals surface area contributed by atoms with E-state index >= 15 is 0 Å². The van der Waals surface area contributed by atoms with Crippen LogP contribution < -0.4 is 5.32 Å². The molecule has 0 saturated carbocycles. The van der Waals surface area contributed by atoms with Gasteiger partial charge in [-0.05, 0) is 50.9 Å². The molecule has 1 amide bonds. The van der Waals surface area contributed by atoms with Crippen molar-refractivity contribution in [3.8, 4) is 0 Å². The number of rotatable bonds is 6. The highest BCUT2D eigenvalue weighted by molar-refractivity contribution is 5.79. The highest BCUT2D eigenvalue weighted by atomic mass is 16.2. The smallest absolute Gasteiger partial charge is 0.224 e. The third-order valence-electron chi connectivity index (χ3n) is 5.95. The molecule has 2 aromatic carbocycles. The van der Waals surface area contributed by atoms with Crippen molar-refractivity contribution in [1.29, 1.82) is 0 Å². The molecule has 1 aliphatic heterocycles. The Morgan fingerprint density at radius 3 is 2.72 bits per heavy atom. The number of carbonyl (C=O) groups excluding carboxylic acids is 1. The lowest BCUT2D eigenvalue weighted by atomic mass is 9.96. The lowest BCUT2D eigenvalue weighted by Crippen LogP contribution is -2.43. The summed E-state index contributed by atoms with van der Waals surface area (Å²) in [6.07, 6.45) is 2.00. The maximum absolute atomic E-state index is 12.9. The number of hydrogen-bond donors (Lipinski definition) is 1. The molecule has 0 spiro atoms. The number of aryl methyl sites for hydroxylation is 1. The van der Waals surface area contributed by atoms with Crippen LogP contribution in [-0.4, -0.2) is 33.4 Å². The number of likely N-dealkylation sites (tertiary alicyclic amines) is 1. The molecule has 1 saturated heterocycles. The molecule has 1 aromatic heterocycles. The van der Waals surface area contributed by atoms with Gasteiger partial charge in [-0.2, -0.15) is 0 Å². The number of aromatic nitrogens is 2. The van der Waals surface area contributed by atoms with E-state index in [1.54, 1.807) is 0 Å². The standard InChI is InChI=1S/C24H30N4O/c1-3-28-22-14-8-7-13-21(22)26-23(28)17-27-15-9-12-20(16-27)24(29)25-18(2)19-10-5-4-6-11-19/h4-8,10-11,13-14,18,20H,3,9,12,15-17H2,1-2H3,(H,25,29)/t18-,20+/m0/s1. The van der Waals surface area contributed by atoms with Crippen LogP contribution in [0.25, 0.3) is 11.0 Å². The van der Waals surface area contributed by atoms with Crippen molar-refractivity contribution in [3.63, 3.8) is 0 Å². The first-order valence-electron chi connectivity index (χ1n) is 10.7. The van der Waals surface area contributed by atoms with E-state index in [1.807, 2.05) is 24.3 Å². The highest BCUT2D eigenvalue weighted by Gasteiger charge is 2.27. The number of piperidine rings is 1. The van der Waals surface area contributed by atoms with Crippen molar-refractivity contribution in [2.75, 3.05) is 13.1 Å². The molecule has 5 nitrogen and oxygen atoms in total. The van der Waals surface area contributed by atoms with E-state index in [-0.39, 0.29) is 17.9 Å². The Hall–Kier alpha value is -2.66. The molecule has 0 radical (unpaired) electrons. The molecular formula is C24H30N4O. The van der Waals surface area contributed by atoms with Gasteiger partial charge in [0.25, 0.3) is 0 Å². The van der Waals surface area contributed by atoms with Crippen LogP contribution in [0.2, 0.25) is 0 Å². The molecule has 152 valence electrons. The summed E-state index contributed by atoms with van der Waals surface area (Å²) < 4.78 is 2.29. The number of benzene rings is 2. The predicted molar refractivity (Wildman–Crippen MR) is 116 cm³/mol. The molecule has 2 heterocycles. The van der Waals surface area contributed by atoms with E-state index < -0.39 is 0 Å². The first kappa shape index (κ1) is 19.6. The number of imidazole rings is 1. The van der Waals surface area contributed by atoms with Crippen molar-refractivity contribution in [2.24, 2.45) is 5.92 Å². The molecule has 0 bridgehead atoms. The zero-order chi connectivity index (χ0) is 20.2. The van der Waals surface area contributed by atoms with Gasteiger partial charge in [-0.25, -0.2) is 4.98 Å². The highest BCUT2D eigenvalue weighted by Crippen LogP contribution is 2.22. The zero-order valence-electron chi connectivity index (χ0n) is 17.3. The number of nitrogens with zero attached hydrogens (tertiary/aromatic N) is 3. The summed E-state index contributed by atoms with van der Waals surface area (Å²) in [5, 5.41) is 3.21. The van der Waals surface area contributed by atoms with Crippen molar-refractivity contribution < 1.29 is 4.79 Å². The quantitative estimate of drug-likeness (QED) is 0.688. The van der Waals surface area contributed by atoms with Gasteiger partial charge < -0.3 is 9.88 Å². The first-order chi connectivity index (χ1) is 14.2. The fourth-order valence-electron chi connectivity index (χ4n) is 4.37. The van der Waals surface area contributed by atoms with E-state index in [0.29, 0.717) is 0 Å². The first-order valence-corrected chi connectivity index (χ1v) is 10.7. The average molecular weight is 391 g/mol. The SMILES string of the molecule is CCn1c(CN2CCC[C@@H](C(=O)N[C@@H](C)c3ccccc3)C2)nc2ccccc21. The van der Waals surface area contributed by atoms with Crippen molar-refractivity contribution in [2.45, 2.75) is 45.8 Å². The van der Waals surface area contributed by atoms with Crippen molar-refractivity contribution >= 4 is 16.9 Å². The van der Waals surface area contributed by atoms with Crippen LogP contribution in [0, 0.1) is 5.92 Å². The van der Waals surface area contributed by atoms with Crippen LogP contribution in [0.3, 0.4) is 0 Å². The molecule has 0 aliphatic carbocycles. The molecule has 29 heavy (non-hydrogen) atoms. The van der Waals surface area contributed by atoms with Gasteiger partial charge in [0.2, 0.25) is 5.91 Å². The Morgan fingerprint density at radius 1 is 1.17 bits per heavy atom. The normalized spacial score (nSPS) is 18.6. The minimum atomic E-state index is 0.0309. The molecule has 0 unspecified atom stereocenters. The maximum atomic E-state index is 12.9. The van der Waals surface area contributed by atoms with E-state index in [0.717, 1.165) is 55.9 Å². The average Bonchev–Trinajstić information content (AvgIpc) is 3.11. The molecule has 5 heteroatoms. The monoisotopic (exact) mass is 390 g/mol. The minimum Gasteiger partial charge on any atom is -0.349 e. The molecular weight excluding hydrogens is 360 g/mol. The second kappa shape index (κ2) is 8.78. The lowest BCUT2D eigenvalue weighted by molar-refractivity contribution is -0.127. The van der Waals surface area contributed by atoms with E-state index in [2.05, 4.69) is 59.0 Å². The Bertz CT molecular complexity index is 965. The van der Waals surface area contributed by atoms with Crippen molar-refractivity contribution in [1.82, 2.24) is 19.8 Å². The van der Waals surface area contributed by atoms with Crippen LogP contribution >= 0.6 is 0 Å². The van der Waals surface area contributed by atoms with Crippen molar-refractivity contribution in [3.05, 3.63) is 66.0 Å². The van der Waals surface area contributed by atoms with Gasteiger partial charge in [0.05, 0.1) is 29.5 Å². The second-order valence-corrected chi connectivity index (χ2v) is 7.98. The summed E-state index contributed by atoms with van der Waals surface area (Å²) in [7, 11) is 0. The topological polar surface area (TPSA) is 50.2 Å². The van der Waals surface area contributed by atoms with Gasteiger partial charge in [-0.1, -0.05) is 42.5 Å². The fraction of sp³-hybridized carbons (Fsp3) is 0.417. The van der Waals surface area contributed by atoms with E-state index in [1.165, 1.54) is 5.52 Å². The van der Waals surface area contributed by atoms with Gasteiger partial charge in [0, 0.05) is 13.1 Å². The second-order valence-electron chi connectivity index (χ2n) is 7.98. The molecule has 3 aromatic rings. The third-order valence-corrected chi connectivity index (χ3v) is 5.95. The maximum Gasteiger partial charge on any atom is 0.224 e. The Balaban J connectivity index is 1.41. The molecule has 1 aliphatic rings. The number of para-hydroxylation sites is 2. The number of fused-ring (bicyclic) bond motifs is 1. The van der Waals surface area contributed by atoms with Crippen LogP contribution in [0.1, 0.15) is 44.1 Å². The Morgan fingerprint density at radius 2 is 1.93 bits per heavy atom. The minimum absolute atomic E-state index is 0.0309. The number of hydrogen-bond acceptors (Lipinski definition) is 3. The molecule has 2 atom stereocenters. The van der Waals surface area contributed by atoms with Crippen LogP contribution in [0.15, 0.2) is 54.6 Å². The van der Waals surface area contributed by atoms with Gasteiger partial charge >= 0.3 is 0 Å². The van der Waals surface area contributed by atoms with E-state index in [9.17, 15) is 4.79 Å². The van der Waals surface area contributed by atoms with Gasteiger partial charge in [0.15, 0.2) is 0 Å². The van der Waals surface area contributed by atoms with Gasteiger partial charge in [-0.3, -0.25) is 9.69 Å². The fourth-order valence-corrected chi connectivity index (χ4v) is 4.37. The summed E-state index contributed by atoms with van der Waals surface area (Å²) >= 11 is 0. The summed E-state index contributed by atoms with van der Waals surface area (Å²) in [5.74, 6) is 1.29.